The fourth-order valence-corrected chi connectivity index (χ4v) is 6.17. The number of nitriles is 1. The van der Waals surface area contributed by atoms with Crippen LogP contribution in [-0.2, 0) is 35.4 Å². The van der Waals surface area contributed by atoms with Crippen LogP contribution in [0, 0.1) is 11.3 Å². The third-order valence-corrected chi connectivity index (χ3v) is 9.01. The highest BCUT2D eigenvalue weighted by atomic mass is 16.5. The Bertz CT molecular complexity index is 2220. The van der Waals surface area contributed by atoms with Crippen molar-refractivity contribution in [1.82, 2.24) is 30.4 Å². The van der Waals surface area contributed by atoms with E-state index in [1.165, 1.54) is 11.6 Å². The Morgan fingerprint density at radius 2 is 1.57 bits per heavy atom. The molecule has 11 heteroatoms. The number of ether oxygens (including phenoxy) is 2. The molecule has 6 aromatic rings. The summed E-state index contributed by atoms with van der Waals surface area (Å²) in [6, 6.07) is 34.6. The zero-order valence-corrected chi connectivity index (χ0v) is 29.7. The maximum Gasteiger partial charge on any atom is 0.261 e. The largest absolute Gasteiger partial charge is 0.497 e. The van der Waals surface area contributed by atoms with Crippen LogP contribution in [0.3, 0.4) is 0 Å². The first kappa shape index (κ1) is 36.1. The maximum atomic E-state index is 13.6. The van der Waals surface area contributed by atoms with Crippen molar-refractivity contribution < 1.29 is 19.1 Å². The van der Waals surface area contributed by atoms with Crippen molar-refractivity contribution >= 4 is 28.8 Å². The summed E-state index contributed by atoms with van der Waals surface area (Å²) in [4.78, 5) is 29.9. The molecule has 0 aliphatic heterocycles. The van der Waals surface area contributed by atoms with Gasteiger partial charge < -0.3 is 29.7 Å². The van der Waals surface area contributed by atoms with Crippen molar-refractivity contribution in [2.45, 2.75) is 38.3 Å². The molecule has 0 saturated heterocycles. The lowest BCUT2D eigenvalue weighted by molar-refractivity contribution is -0.122. The van der Waals surface area contributed by atoms with Crippen LogP contribution in [0.15, 0.2) is 115 Å². The standard InChI is InChI=1S/C42H41N7O4/c1-52-34-17-12-30(13-18-34)24-32(26-43)42(51)44-23-22-40(50)46-38(25-33-27-45-37-11-7-6-10-36(33)37)41-48-47-39(21-16-29-8-4-3-5-9-29)49(41)28-31-14-19-35(53-2)20-15-31/h3-15,17-20,24,27,38,45H,16,21-23,25,28H2,1-2H3,(H,44,51)(H,46,50)/b32-24+/t38-/m1/s1. The van der Waals surface area contributed by atoms with Gasteiger partial charge in [-0.2, -0.15) is 5.26 Å². The van der Waals surface area contributed by atoms with Crippen LogP contribution in [0.4, 0.5) is 0 Å². The smallest absolute Gasteiger partial charge is 0.261 e. The zero-order valence-electron chi connectivity index (χ0n) is 29.7. The summed E-state index contributed by atoms with van der Waals surface area (Å²) in [7, 11) is 3.21. The molecule has 0 radical (unpaired) electrons. The molecule has 53 heavy (non-hydrogen) atoms. The molecule has 4 aromatic carbocycles. The average molecular weight is 708 g/mol. The van der Waals surface area contributed by atoms with Crippen LogP contribution in [-0.4, -0.2) is 52.3 Å². The summed E-state index contributed by atoms with van der Waals surface area (Å²) >= 11 is 0. The molecule has 0 spiro atoms. The molecule has 0 aliphatic rings. The lowest BCUT2D eigenvalue weighted by Gasteiger charge is -2.20. The highest BCUT2D eigenvalue weighted by molar-refractivity contribution is 6.01. The average Bonchev–Trinajstić information content (AvgIpc) is 3.80. The molecule has 268 valence electrons. The summed E-state index contributed by atoms with van der Waals surface area (Å²) in [5, 5.41) is 26.0. The second-order valence-corrected chi connectivity index (χ2v) is 12.5. The van der Waals surface area contributed by atoms with E-state index in [0.717, 1.165) is 40.0 Å². The third-order valence-electron chi connectivity index (χ3n) is 9.01. The second-order valence-electron chi connectivity index (χ2n) is 12.5. The van der Waals surface area contributed by atoms with Crippen molar-refractivity contribution in [2.24, 2.45) is 0 Å². The van der Waals surface area contributed by atoms with Gasteiger partial charge >= 0.3 is 0 Å². The van der Waals surface area contributed by atoms with E-state index in [1.54, 1.807) is 38.5 Å². The topological polar surface area (TPSA) is 147 Å². The molecule has 6 rings (SSSR count). The molecule has 0 unspecified atom stereocenters. The van der Waals surface area contributed by atoms with Crippen LogP contribution in [0.2, 0.25) is 0 Å². The first-order valence-corrected chi connectivity index (χ1v) is 17.4. The predicted molar refractivity (Wildman–Crippen MR) is 203 cm³/mol. The molecule has 2 aromatic heterocycles. The van der Waals surface area contributed by atoms with Gasteiger partial charge in [0.25, 0.3) is 5.91 Å². The van der Waals surface area contributed by atoms with Gasteiger partial charge in [0.2, 0.25) is 5.91 Å². The number of methoxy groups -OCH3 is 2. The van der Waals surface area contributed by atoms with E-state index in [2.05, 4.69) is 43.5 Å². The number of hydrogen-bond acceptors (Lipinski definition) is 7. The Hall–Kier alpha value is -6.67. The summed E-state index contributed by atoms with van der Waals surface area (Å²) < 4.78 is 12.7. The van der Waals surface area contributed by atoms with E-state index < -0.39 is 11.9 Å². The summed E-state index contributed by atoms with van der Waals surface area (Å²) in [6.45, 7) is 0.525. The Kier molecular flexibility index (Phi) is 11.9. The van der Waals surface area contributed by atoms with Gasteiger partial charge in [-0.15, -0.1) is 10.2 Å². The van der Waals surface area contributed by atoms with E-state index in [4.69, 9.17) is 14.6 Å². The minimum Gasteiger partial charge on any atom is -0.497 e. The number of aryl methyl sites for hydroxylation is 2. The number of aromatic nitrogens is 4. The predicted octanol–water partition coefficient (Wildman–Crippen LogP) is 6.12. The van der Waals surface area contributed by atoms with Crippen LogP contribution >= 0.6 is 0 Å². The molecule has 2 heterocycles. The molecular formula is C42H41N7O4. The highest BCUT2D eigenvalue weighted by Crippen LogP contribution is 2.26. The van der Waals surface area contributed by atoms with Crippen LogP contribution in [0.5, 0.6) is 11.5 Å². The normalized spacial score (nSPS) is 11.8. The van der Waals surface area contributed by atoms with Crippen LogP contribution < -0.4 is 20.1 Å². The quantitative estimate of drug-likeness (QED) is 0.0811. The first-order chi connectivity index (χ1) is 25.9. The van der Waals surface area contributed by atoms with Crippen molar-refractivity contribution in [3.05, 3.63) is 149 Å². The Morgan fingerprint density at radius 1 is 0.868 bits per heavy atom. The molecule has 0 bridgehead atoms. The van der Waals surface area contributed by atoms with E-state index in [1.807, 2.05) is 72.9 Å². The Labute approximate surface area is 308 Å². The molecule has 1 atom stereocenters. The first-order valence-electron chi connectivity index (χ1n) is 17.4. The number of aromatic amines is 1. The molecule has 0 aliphatic carbocycles. The minimum absolute atomic E-state index is 0.00908. The number of nitrogens with one attached hydrogen (secondary N) is 3. The minimum atomic E-state index is -0.561. The second kappa shape index (κ2) is 17.5. The number of hydrogen-bond donors (Lipinski definition) is 3. The number of carbonyl (C=O) groups is 2. The molecule has 3 N–H and O–H groups in total. The number of benzene rings is 4. The number of amides is 2. The molecule has 11 nitrogen and oxygen atoms in total. The van der Waals surface area contributed by atoms with Gasteiger partial charge in [-0.05, 0) is 65.1 Å². The Balaban J connectivity index is 1.23. The van der Waals surface area contributed by atoms with Gasteiger partial charge in [0.1, 0.15) is 29.0 Å². The summed E-state index contributed by atoms with van der Waals surface area (Å²) in [5.74, 6) is 2.02. The SMILES string of the molecule is COc1ccc(/C=C(\C#N)C(=O)NCCC(=O)N[C@H](Cc2c[nH]c3ccccc23)c2nnc(CCc3ccccc3)n2Cc2ccc(OC)cc2)cc1. The lowest BCUT2D eigenvalue weighted by Crippen LogP contribution is -2.35. The Morgan fingerprint density at radius 3 is 2.28 bits per heavy atom. The molecule has 2 amide bonds. The number of carbonyl (C=O) groups excluding carboxylic acids is 2. The number of H-pyrrole nitrogens is 1. The fourth-order valence-electron chi connectivity index (χ4n) is 6.17. The van der Waals surface area contributed by atoms with Gasteiger partial charge in [0, 0.05) is 42.9 Å². The molecule has 0 saturated carbocycles. The van der Waals surface area contributed by atoms with Gasteiger partial charge in [-0.3, -0.25) is 9.59 Å². The third kappa shape index (κ3) is 9.36. The number of rotatable bonds is 16. The zero-order chi connectivity index (χ0) is 37.0. The van der Waals surface area contributed by atoms with E-state index in [-0.39, 0.29) is 24.4 Å². The number of nitrogens with zero attached hydrogens (tertiary/aromatic N) is 4. The van der Waals surface area contributed by atoms with Crippen molar-refractivity contribution in [2.75, 3.05) is 20.8 Å². The van der Waals surface area contributed by atoms with Crippen molar-refractivity contribution in [3.8, 4) is 17.6 Å². The van der Waals surface area contributed by atoms with Crippen molar-refractivity contribution in [3.63, 3.8) is 0 Å². The van der Waals surface area contributed by atoms with Gasteiger partial charge in [0.15, 0.2) is 5.82 Å². The van der Waals surface area contributed by atoms with Gasteiger partial charge in [-0.1, -0.05) is 72.8 Å². The van der Waals surface area contributed by atoms with Crippen LogP contribution in [0.25, 0.3) is 17.0 Å². The number of para-hydroxylation sites is 1. The molecule has 0 fully saturated rings. The monoisotopic (exact) mass is 707 g/mol. The van der Waals surface area contributed by atoms with Gasteiger partial charge in [-0.25, -0.2) is 0 Å². The van der Waals surface area contributed by atoms with Crippen LogP contribution in [0.1, 0.15) is 46.4 Å². The van der Waals surface area contributed by atoms with Gasteiger partial charge in [0.05, 0.1) is 26.8 Å². The van der Waals surface area contributed by atoms with E-state index in [9.17, 15) is 14.9 Å². The lowest BCUT2D eigenvalue weighted by atomic mass is 10.0. The number of fused-ring (bicyclic) bond motifs is 1. The summed E-state index contributed by atoms with van der Waals surface area (Å²) in [6.07, 6.45) is 5.33. The van der Waals surface area contributed by atoms with Crippen molar-refractivity contribution in [1.29, 1.82) is 5.26 Å². The maximum absolute atomic E-state index is 13.6. The fraction of sp³-hybridized carbons (Fsp3) is 0.214. The molecular weight excluding hydrogens is 667 g/mol. The highest BCUT2D eigenvalue weighted by Gasteiger charge is 2.25. The summed E-state index contributed by atoms with van der Waals surface area (Å²) in [5.41, 5.74) is 4.85. The van der Waals surface area contributed by atoms with E-state index in [0.29, 0.717) is 36.5 Å². The van der Waals surface area contributed by atoms with E-state index >= 15 is 0 Å².